The molecule has 6 nitrogen and oxygen atoms in total. The Labute approximate surface area is 151 Å². The molecule has 1 amide bonds. The molecule has 0 radical (unpaired) electrons. The van der Waals surface area contributed by atoms with Crippen molar-refractivity contribution in [1.29, 1.82) is 0 Å². The lowest BCUT2D eigenvalue weighted by Crippen LogP contribution is -2.32. The average molecular weight is 348 g/mol. The number of H-pyrrole nitrogens is 1. The Morgan fingerprint density at radius 1 is 1.15 bits per heavy atom. The first-order valence-electron chi connectivity index (χ1n) is 8.71. The smallest absolute Gasteiger partial charge is 0.274 e. The molecule has 0 unspecified atom stereocenters. The van der Waals surface area contributed by atoms with Gasteiger partial charge in [-0.2, -0.15) is 5.10 Å². The average Bonchev–Trinajstić information content (AvgIpc) is 3.42. The Bertz CT molecular complexity index is 860. The van der Waals surface area contributed by atoms with Crippen LogP contribution >= 0.6 is 0 Å². The molecule has 0 spiro atoms. The zero-order valence-corrected chi connectivity index (χ0v) is 14.3. The van der Waals surface area contributed by atoms with Crippen LogP contribution in [0.3, 0.4) is 0 Å². The van der Waals surface area contributed by atoms with Crippen molar-refractivity contribution in [1.82, 2.24) is 20.1 Å². The summed E-state index contributed by atoms with van der Waals surface area (Å²) in [6, 6.07) is 15.5. The highest BCUT2D eigenvalue weighted by molar-refractivity contribution is 5.92. The van der Waals surface area contributed by atoms with Crippen molar-refractivity contribution in [3.8, 4) is 5.75 Å². The van der Waals surface area contributed by atoms with Crippen molar-refractivity contribution >= 4 is 5.91 Å². The zero-order chi connectivity index (χ0) is 17.8. The van der Waals surface area contributed by atoms with Crippen LogP contribution in [-0.2, 0) is 13.2 Å². The molecule has 0 aliphatic heterocycles. The predicted molar refractivity (Wildman–Crippen MR) is 96.5 cm³/mol. The molecule has 1 fully saturated rings. The second-order valence-electron chi connectivity index (χ2n) is 6.40. The Kier molecular flexibility index (Phi) is 4.64. The highest BCUT2D eigenvalue weighted by atomic mass is 16.5. The molecule has 2 aromatic heterocycles. The normalized spacial score (nSPS) is 13.4. The number of hydrogen-bond donors (Lipinski definition) is 1. The number of ether oxygens (including phenoxy) is 1. The molecule has 26 heavy (non-hydrogen) atoms. The highest BCUT2D eigenvalue weighted by Crippen LogP contribution is 2.29. The molecular formula is C20H20N4O2. The van der Waals surface area contributed by atoms with Crippen LogP contribution in [0.2, 0.25) is 0 Å². The minimum Gasteiger partial charge on any atom is -0.487 e. The molecule has 3 aromatic rings. The number of hydrogen-bond acceptors (Lipinski definition) is 4. The maximum Gasteiger partial charge on any atom is 0.274 e. The fraction of sp³-hybridized carbons (Fsp3) is 0.250. The van der Waals surface area contributed by atoms with Crippen LogP contribution < -0.4 is 4.74 Å². The summed E-state index contributed by atoms with van der Waals surface area (Å²) in [6.07, 6.45) is 5.59. The Balaban J connectivity index is 1.42. The van der Waals surface area contributed by atoms with Crippen LogP contribution in [0.15, 0.2) is 60.9 Å². The van der Waals surface area contributed by atoms with Gasteiger partial charge < -0.3 is 9.64 Å². The van der Waals surface area contributed by atoms with Gasteiger partial charge in [0.1, 0.15) is 12.4 Å². The van der Waals surface area contributed by atoms with Crippen LogP contribution in [0, 0.1) is 0 Å². The fourth-order valence-corrected chi connectivity index (χ4v) is 2.81. The lowest BCUT2D eigenvalue weighted by Gasteiger charge is -2.21. The Hall–Kier alpha value is -3.15. The minimum atomic E-state index is -0.0495. The van der Waals surface area contributed by atoms with Crippen molar-refractivity contribution < 1.29 is 9.53 Å². The highest BCUT2D eigenvalue weighted by Gasteiger charge is 2.34. The van der Waals surface area contributed by atoms with E-state index in [1.807, 2.05) is 47.4 Å². The number of amides is 1. The van der Waals surface area contributed by atoms with Gasteiger partial charge >= 0.3 is 0 Å². The SMILES string of the molecule is O=C(c1cc(COc2ccccc2)[nH]n1)N(Cc1ccncc1)C1CC1. The van der Waals surface area contributed by atoms with Gasteiger partial charge in [-0.3, -0.25) is 14.9 Å². The van der Waals surface area contributed by atoms with Gasteiger partial charge in [-0.05, 0) is 48.7 Å². The van der Waals surface area contributed by atoms with Gasteiger partial charge in [0.2, 0.25) is 0 Å². The van der Waals surface area contributed by atoms with E-state index in [1.165, 1.54) is 0 Å². The van der Waals surface area contributed by atoms with E-state index in [1.54, 1.807) is 18.5 Å². The van der Waals surface area contributed by atoms with E-state index < -0.39 is 0 Å². The van der Waals surface area contributed by atoms with Crippen molar-refractivity contribution in [3.05, 3.63) is 77.9 Å². The number of nitrogens with zero attached hydrogens (tertiary/aromatic N) is 3. The molecule has 0 atom stereocenters. The Morgan fingerprint density at radius 2 is 1.92 bits per heavy atom. The minimum absolute atomic E-state index is 0.0495. The van der Waals surface area contributed by atoms with Crippen LogP contribution in [0.1, 0.15) is 34.6 Å². The fourth-order valence-electron chi connectivity index (χ4n) is 2.81. The van der Waals surface area contributed by atoms with E-state index in [2.05, 4.69) is 15.2 Å². The van der Waals surface area contributed by atoms with Gasteiger partial charge in [0, 0.05) is 25.0 Å². The van der Waals surface area contributed by atoms with E-state index in [0.29, 0.717) is 24.9 Å². The number of aromatic amines is 1. The summed E-state index contributed by atoms with van der Waals surface area (Å²) < 4.78 is 5.70. The Morgan fingerprint density at radius 3 is 2.65 bits per heavy atom. The first-order valence-corrected chi connectivity index (χ1v) is 8.71. The molecule has 0 bridgehead atoms. The number of para-hydroxylation sites is 1. The molecule has 1 N–H and O–H groups in total. The van der Waals surface area contributed by atoms with Crippen molar-refractivity contribution in [2.45, 2.75) is 32.0 Å². The van der Waals surface area contributed by atoms with Crippen molar-refractivity contribution in [2.24, 2.45) is 0 Å². The van der Waals surface area contributed by atoms with Crippen LogP contribution in [0.25, 0.3) is 0 Å². The number of aromatic nitrogens is 3. The maximum absolute atomic E-state index is 12.9. The molecule has 1 saturated carbocycles. The number of nitrogens with one attached hydrogen (secondary N) is 1. The first-order chi connectivity index (χ1) is 12.8. The summed E-state index contributed by atoms with van der Waals surface area (Å²) in [5, 5.41) is 7.10. The molecule has 1 aliphatic carbocycles. The van der Waals surface area contributed by atoms with E-state index in [4.69, 9.17) is 4.74 Å². The van der Waals surface area contributed by atoms with Gasteiger partial charge in [0.05, 0.1) is 5.69 Å². The second kappa shape index (κ2) is 7.39. The molecule has 2 heterocycles. The molecule has 4 rings (SSSR count). The summed E-state index contributed by atoms with van der Waals surface area (Å²) in [7, 11) is 0. The largest absolute Gasteiger partial charge is 0.487 e. The third kappa shape index (κ3) is 3.91. The molecule has 0 saturated heterocycles. The van der Waals surface area contributed by atoms with Crippen molar-refractivity contribution in [2.75, 3.05) is 0 Å². The maximum atomic E-state index is 12.9. The summed E-state index contributed by atoms with van der Waals surface area (Å²) in [5.41, 5.74) is 2.28. The summed E-state index contributed by atoms with van der Waals surface area (Å²) >= 11 is 0. The lowest BCUT2D eigenvalue weighted by atomic mass is 10.2. The number of pyridine rings is 1. The molecule has 1 aliphatic rings. The lowest BCUT2D eigenvalue weighted by molar-refractivity contribution is 0.0724. The summed E-state index contributed by atoms with van der Waals surface area (Å²) in [6.45, 7) is 0.923. The quantitative estimate of drug-likeness (QED) is 0.712. The van der Waals surface area contributed by atoms with Crippen molar-refractivity contribution in [3.63, 3.8) is 0 Å². The van der Waals surface area contributed by atoms with Crippen LogP contribution in [0.5, 0.6) is 5.75 Å². The van der Waals surface area contributed by atoms with Gasteiger partial charge in [0.15, 0.2) is 5.69 Å². The second-order valence-corrected chi connectivity index (χ2v) is 6.40. The topological polar surface area (TPSA) is 71.1 Å². The van der Waals surface area contributed by atoms with Crippen LogP contribution in [-0.4, -0.2) is 32.0 Å². The first kappa shape index (κ1) is 16.3. The van der Waals surface area contributed by atoms with E-state index in [0.717, 1.165) is 29.8 Å². The third-order valence-electron chi connectivity index (χ3n) is 4.34. The standard InChI is InChI=1S/C20H20N4O2/c25-20(24(17-6-7-17)13-15-8-10-21-11-9-15)19-12-16(22-23-19)14-26-18-4-2-1-3-5-18/h1-5,8-12,17H,6-7,13-14H2,(H,22,23). The monoisotopic (exact) mass is 348 g/mol. The summed E-state index contributed by atoms with van der Waals surface area (Å²) in [5.74, 6) is 0.735. The van der Waals surface area contributed by atoms with Gasteiger partial charge in [-0.25, -0.2) is 0 Å². The molecule has 6 heteroatoms. The molecular weight excluding hydrogens is 328 g/mol. The van der Waals surface area contributed by atoms with Gasteiger partial charge in [0.25, 0.3) is 5.91 Å². The molecule has 132 valence electrons. The predicted octanol–water partition coefficient (Wildman–Crippen LogP) is 3.19. The third-order valence-corrected chi connectivity index (χ3v) is 4.34. The van der Waals surface area contributed by atoms with Crippen LogP contribution in [0.4, 0.5) is 0 Å². The number of carbonyl (C=O) groups excluding carboxylic acids is 1. The summed E-state index contributed by atoms with van der Waals surface area (Å²) in [4.78, 5) is 18.8. The zero-order valence-electron chi connectivity index (χ0n) is 14.3. The molecule has 1 aromatic carbocycles. The van der Waals surface area contributed by atoms with E-state index >= 15 is 0 Å². The van der Waals surface area contributed by atoms with Gasteiger partial charge in [-0.15, -0.1) is 0 Å². The number of benzene rings is 1. The number of carbonyl (C=O) groups is 1. The van der Waals surface area contributed by atoms with E-state index in [9.17, 15) is 4.79 Å². The van der Waals surface area contributed by atoms with E-state index in [-0.39, 0.29) is 5.91 Å². The number of rotatable bonds is 7. The van der Waals surface area contributed by atoms with Gasteiger partial charge in [-0.1, -0.05) is 18.2 Å².